The normalized spacial score (nSPS) is 28.3. The highest BCUT2D eigenvalue weighted by atomic mass is 35.5. The average molecular weight is 280 g/mol. The molecule has 2 aliphatic rings. The van der Waals surface area contributed by atoms with E-state index in [9.17, 15) is 4.79 Å². The summed E-state index contributed by atoms with van der Waals surface area (Å²) in [7, 11) is 0. The van der Waals surface area contributed by atoms with Crippen LogP contribution in [-0.2, 0) is 4.74 Å². The molecule has 3 rings (SSSR count). The molecule has 1 aromatic carbocycles. The molecule has 0 spiro atoms. The summed E-state index contributed by atoms with van der Waals surface area (Å²) in [5.41, 5.74) is 0.732. The van der Waals surface area contributed by atoms with Crippen molar-refractivity contribution in [2.45, 2.75) is 38.0 Å². The predicted octanol–water partition coefficient (Wildman–Crippen LogP) is 2.77. The van der Waals surface area contributed by atoms with E-state index in [2.05, 4.69) is 4.90 Å². The summed E-state index contributed by atoms with van der Waals surface area (Å²) in [6, 6.07) is 7.05. The average Bonchev–Trinajstić information content (AvgIpc) is 2.76. The molecule has 0 amide bonds. The van der Waals surface area contributed by atoms with E-state index in [4.69, 9.17) is 16.3 Å². The molecule has 0 saturated carbocycles. The molecular formula is C15H18ClNO2. The molecule has 3 nitrogen and oxygen atoms in total. The Morgan fingerprint density at radius 2 is 1.84 bits per heavy atom. The maximum Gasteiger partial charge on any atom is 0.179 e. The Balaban J connectivity index is 1.71. The molecule has 2 heterocycles. The van der Waals surface area contributed by atoms with Gasteiger partial charge in [0, 0.05) is 23.7 Å². The Morgan fingerprint density at radius 1 is 1.26 bits per heavy atom. The second-order valence-corrected chi connectivity index (χ2v) is 5.89. The van der Waals surface area contributed by atoms with Crippen molar-refractivity contribution in [2.24, 2.45) is 0 Å². The number of benzene rings is 1. The van der Waals surface area contributed by atoms with E-state index in [-0.39, 0.29) is 11.8 Å². The molecule has 3 atom stereocenters. The van der Waals surface area contributed by atoms with Gasteiger partial charge in [-0.25, -0.2) is 0 Å². The van der Waals surface area contributed by atoms with Crippen molar-refractivity contribution in [3.8, 4) is 0 Å². The lowest BCUT2D eigenvalue weighted by molar-refractivity contribution is -0.0464. The van der Waals surface area contributed by atoms with Crippen LogP contribution in [0, 0.1) is 0 Å². The highest BCUT2D eigenvalue weighted by molar-refractivity contribution is 6.30. The van der Waals surface area contributed by atoms with Gasteiger partial charge in [0.05, 0.1) is 18.2 Å². The van der Waals surface area contributed by atoms with Gasteiger partial charge in [0.15, 0.2) is 5.78 Å². The largest absolute Gasteiger partial charge is 0.372 e. The van der Waals surface area contributed by atoms with Crippen molar-refractivity contribution < 1.29 is 9.53 Å². The Morgan fingerprint density at radius 3 is 2.42 bits per heavy atom. The minimum absolute atomic E-state index is 0.0897. The smallest absolute Gasteiger partial charge is 0.179 e. The summed E-state index contributed by atoms with van der Waals surface area (Å²) in [6.07, 6.45) is 2.89. The lowest BCUT2D eigenvalue weighted by Crippen LogP contribution is -2.49. The molecule has 4 heteroatoms. The zero-order valence-corrected chi connectivity index (χ0v) is 11.8. The second kappa shape index (κ2) is 5.23. The Labute approximate surface area is 118 Å². The quantitative estimate of drug-likeness (QED) is 0.797. The zero-order chi connectivity index (χ0) is 13.4. The first-order valence-corrected chi connectivity index (χ1v) is 7.20. The summed E-state index contributed by atoms with van der Waals surface area (Å²) in [6.45, 7) is 3.73. The molecule has 0 aromatic heterocycles. The van der Waals surface area contributed by atoms with Gasteiger partial charge in [0.25, 0.3) is 0 Å². The van der Waals surface area contributed by atoms with Crippen molar-refractivity contribution in [1.82, 2.24) is 4.90 Å². The number of carbonyl (C=O) groups is 1. The standard InChI is InChI=1S/C15H18ClNO2/c1-10(15(18)11-2-4-12(16)5-3-11)17-8-13-6-7-14(9-17)19-13/h2-5,10,13-14H,6-9H2,1H3. The monoisotopic (exact) mass is 279 g/mol. The number of hydrogen-bond donors (Lipinski definition) is 0. The van der Waals surface area contributed by atoms with Crippen LogP contribution in [0.4, 0.5) is 0 Å². The number of ketones is 1. The lowest BCUT2D eigenvalue weighted by atomic mass is 10.0. The molecule has 0 radical (unpaired) electrons. The minimum Gasteiger partial charge on any atom is -0.372 e. The fourth-order valence-corrected chi connectivity index (χ4v) is 3.11. The molecule has 2 fully saturated rings. The summed E-state index contributed by atoms with van der Waals surface area (Å²) in [4.78, 5) is 14.7. The molecule has 0 N–H and O–H groups in total. The van der Waals surface area contributed by atoms with Crippen LogP contribution in [0.5, 0.6) is 0 Å². The van der Waals surface area contributed by atoms with Gasteiger partial charge in [0.1, 0.15) is 0 Å². The van der Waals surface area contributed by atoms with Crippen molar-refractivity contribution in [2.75, 3.05) is 13.1 Å². The van der Waals surface area contributed by atoms with Gasteiger partial charge < -0.3 is 4.74 Å². The fourth-order valence-electron chi connectivity index (χ4n) is 2.98. The van der Waals surface area contributed by atoms with E-state index in [1.54, 1.807) is 24.3 Å². The zero-order valence-electron chi connectivity index (χ0n) is 11.0. The molecule has 2 saturated heterocycles. The van der Waals surface area contributed by atoms with Crippen LogP contribution < -0.4 is 0 Å². The van der Waals surface area contributed by atoms with E-state index in [1.807, 2.05) is 6.92 Å². The number of likely N-dealkylation sites (tertiary alicyclic amines) is 1. The molecule has 19 heavy (non-hydrogen) atoms. The molecule has 102 valence electrons. The van der Waals surface area contributed by atoms with Gasteiger partial charge in [-0.2, -0.15) is 0 Å². The summed E-state index contributed by atoms with van der Waals surface area (Å²) in [5, 5.41) is 0.661. The molecule has 2 aliphatic heterocycles. The summed E-state index contributed by atoms with van der Waals surface area (Å²) in [5.74, 6) is 0.165. The van der Waals surface area contributed by atoms with Crippen molar-refractivity contribution in [3.63, 3.8) is 0 Å². The number of halogens is 1. The van der Waals surface area contributed by atoms with Crippen LogP contribution in [0.1, 0.15) is 30.1 Å². The number of fused-ring (bicyclic) bond motifs is 2. The summed E-state index contributed by atoms with van der Waals surface area (Å²) >= 11 is 5.85. The van der Waals surface area contributed by atoms with Crippen LogP contribution in [0.25, 0.3) is 0 Å². The van der Waals surface area contributed by atoms with Gasteiger partial charge >= 0.3 is 0 Å². The van der Waals surface area contributed by atoms with E-state index >= 15 is 0 Å². The fraction of sp³-hybridized carbons (Fsp3) is 0.533. The van der Waals surface area contributed by atoms with Gasteiger partial charge in [-0.3, -0.25) is 9.69 Å². The van der Waals surface area contributed by atoms with Gasteiger partial charge in [0.2, 0.25) is 0 Å². The van der Waals surface area contributed by atoms with Crippen LogP contribution in [0.2, 0.25) is 5.02 Å². The first-order valence-electron chi connectivity index (χ1n) is 6.83. The number of Topliss-reactive ketones (excluding diaryl/α,β-unsaturated/α-hetero) is 1. The van der Waals surface area contributed by atoms with Crippen molar-refractivity contribution in [1.29, 1.82) is 0 Å². The number of morpholine rings is 1. The Bertz CT molecular complexity index is 462. The molecule has 2 bridgehead atoms. The third-order valence-electron chi connectivity index (χ3n) is 4.13. The second-order valence-electron chi connectivity index (χ2n) is 5.46. The van der Waals surface area contributed by atoms with Gasteiger partial charge in [-0.15, -0.1) is 0 Å². The minimum atomic E-state index is -0.0897. The maximum absolute atomic E-state index is 12.5. The molecule has 0 aliphatic carbocycles. The number of ether oxygens (including phenoxy) is 1. The van der Waals surface area contributed by atoms with Crippen LogP contribution in [-0.4, -0.2) is 42.0 Å². The third kappa shape index (κ3) is 2.69. The lowest BCUT2D eigenvalue weighted by Gasteiger charge is -2.35. The number of rotatable bonds is 3. The van der Waals surface area contributed by atoms with Crippen molar-refractivity contribution in [3.05, 3.63) is 34.9 Å². The summed E-state index contributed by atoms with van der Waals surface area (Å²) < 4.78 is 5.81. The Kier molecular flexibility index (Phi) is 3.61. The maximum atomic E-state index is 12.5. The van der Waals surface area contributed by atoms with Crippen LogP contribution in [0.3, 0.4) is 0 Å². The van der Waals surface area contributed by atoms with Crippen molar-refractivity contribution >= 4 is 17.4 Å². The molecule has 1 aromatic rings. The van der Waals surface area contributed by atoms with Crippen LogP contribution >= 0.6 is 11.6 Å². The number of nitrogens with zero attached hydrogens (tertiary/aromatic N) is 1. The Hall–Kier alpha value is -0.900. The first kappa shape index (κ1) is 13.1. The number of hydrogen-bond acceptors (Lipinski definition) is 3. The highest BCUT2D eigenvalue weighted by Crippen LogP contribution is 2.28. The van der Waals surface area contributed by atoms with Gasteiger partial charge in [-0.05, 0) is 44.0 Å². The van der Waals surface area contributed by atoms with E-state index in [1.165, 1.54) is 0 Å². The SMILES string of the molecule is CC(C(=O)c1ccc(Cl)cc1)N1CC2CCC(C1)O2. The number of carbonyl (C=O) groups excluding carboxylic acids is 1. The first-order chi connectivity index (χ1) is 9.13. The van der Waals surface area contributed by atoms with Crippen LogP contribution in [0.15, 0.2) is 24.3 Å². The van der Waals surface area contributed by atoms with E-state index in [0.29, 0.717) is 17.2 Å². The van der Waals surface area contributed by atoms with Gasteiger partial charge in [-0.1, -0.05) is 11.6 Å². The molecular weight excluding hydrogens is 262 g/mol. The highest BCUT2D eigenvalue weighted by Gasteiger charge is 2.37. The van der Waals surface area contributed by atoms with E-state index < -0.39 is 0 Å². The predicted molar refractivity (Wildman–Crippen MR) is 74.7 cm³/mol. The van der Waals surface area contributed by atoms with E-state index in [0.717, 1.165) is 31.5 Å². The molecule has 3 unspecified atom stereocenters. The topological polar surface area (TPSA) is 29.5 Å². The third-order valence-corrected chi connectivity index (χ3v) is 4.38.